The molecule has 0 unspecified atom stereocenters. The quantitative estimate of drug-likeness (QED) is 0.604. The van der Waals surface area contributed by atoms with Gasteiger partial charge in [0.25, 0.3) is 5.56 Å². The molecule has 32 heavy (non-hydrogen) atoms. The monoisotopic (exact) mass is 462 g/mol. The third-order valence-corrected chi connectivity index (χ3v) is 6.27. The van der Waals surface area contributed by atoms with Crippen LogP contribution in [0.2, 0.25) is 5.02 Å². The topological polar surface area (TPSA) is 81.0 Å². The van der Waals surface area contributed by atoms with Crippen molar-refractivity contribution in [3.8, 4) is 5.75 Å². The number of aryl methyl sites for hydroxylation is 1. The van der Waals surface area contributed by atoms with E-state index in [1.165, 1.54) is 0 Å². The molecule has 2 heterocycles. The first-order chi connectivity index (χ1) is 15.4. The van der Waals surface area contributed by atoms with E-state index in [1.54, 1.807) is 43.7 Å². The first-order valence-corrected chi connectivity index (χ1v) is 11.3. The molecule has 1 aliphatic rings. The van der Waals surface area contributed by atoms with Gasteiger partial charge in [-0.15, -0.1) is 0 Å². The van der Waals surface area contributed by atoms with Crippen LogP contribution in [0.15, 0.2) is 35.1 Å². The maximum atomic E-state index is 13.5. The fourth-order valence-corrected chi connectivity index (χ4v) is 4.47. The molecular formula is C24H31ClN2O5. The normalized spacial score (nSPS) is 16.1. The highest BCUT2D eigenvalue weighted by molar-refractivity contribution is 6.30. The lowest BCUT2D eigenvalue weighted by atomic mass is 9.91. The zero-order chi connectivity index (χ0) is 23.3. The summed E-state index contributed by atoms with van der Waals surface area (Å²) in [5.41, 5.74) is 1.61. The van der Waals surface area contributed by atoms with E-state index in [0.29, 0.717) is 62.0 Å². The molecule has 0 amide bonds. The molecule has 0 radical (unpaired) electrons. The number of likely N-dealkylation sites (tertiary alicyclic amines) is 1. The van der Waals surface area contributed by atoms with E-state index in [9.17, 15) is 14.7 Å². The number of carbonyl (C=O) groups excluding carboxylic acids is 1. The molecule has 0 aliphatic carbocycles. The molecule has 1 aromatic heterocycles. The van der Waals surface area contributed by atoms with Crippen molar-refractivity contribution in [2.75, 3.05) is 33.4 Å². The van der Waals surface area contributed by atoms with Crippen LogP contribution in [0, 0.1) is 12.8 Å². The van der Waals surface area contributed by atoms with Crippen molar-refractivity contribution in [2.45, 2.75) is 39.3 Å². The molecule has 3 rings (SSSR count). The van der Waals surface area contributed by atoms with Gasteiger partial charge in [-0.2, -0.15) is 0 Å². The number of hydrogen-bond donors (Lipinski definition) is 1. The predicted molar refractivity (Wildman–Crippen MR) is 123 cm³/mol. The summed E-state index contributed by atoms with van der Waals surface area (Å²) in [5, 5.41) is 11.5. The van der Waals surface area contributed by atoms with Gasteiger partial charge in [0.1, 0.15) is 5.75 Å². The van der Waals surface area contributed by atoms with Gasteiger partial charge in [0.2, 0.25) is 0 Å². The molecule has 0 saturated carbocycles. The summed E-state index contributed by atoms with van der Waals surface area (Å²) in [5.74, 6) is -0.356. The maximum absolute atomic E-state index is 13.5. The van der Waals surface area contributed by atoms with Gasteiger partial charge in [0.05, 0.1) is 30.7 Å². The van der Waals surface area contributed by atoms with Crippen molar-refractivity contribution in [3.05, 3.63) is 62.5 Å². The number of ether oxygens (including phenoxy) is 2. The van der Waals surface area contributed by atoms with Crippen LogP contribution >= 0.6 is 11.6 Å². The van der Waals surface area contributed by atoms with E-state index in [1.807, 2.05) is 12.1 Å². The third kappa shape index (κ3) is 5.34. The zero-order valence-electron chi connectivity index (χ0n) is 18.8. The fourth-order valence-electron chi connectivity index (χ4n) is 4.34. The minimum Gasteiger partial charge on any atom is -0.507 e. The van der Waals surface area contributed by atoms with Gasteiger partial charge < -0.3 is 19.1 Å². The molecule has 2 aromatic rings. The van der Waals surface area contributed by atoms with Crippen LogP contribution in [0.3, 0.4) is 0 Å². The van der Waals surface area contributed by atoms with Crippen molar-refractivity contribution >= 4 is 17.6 Å². The SMILES string of the molecule is CCOC(=O)C1CCN([C@H](c2ccc(Cl)cc2)c2c(O)cc(C)n(CCOC)c2=O)CC1. The number of methoxy groups -OCH3 is 1. The van der Waals surface area contributed by atoms with Gasteiger partial charge in [-0.05, 0) is 63.5 Å². The summed E-state index contributed by atoms with van der Waals surface area (Å²) in [4.78, 5) is 27.8. The Morgan fingerprint density at radius 1 is 1.25 bits per heavy atom. The number of halogens is 1. The smallest absolute Gasteiger partial charge is 0.309 e. The van der Waals surface area contributed by atoms with Crippen LogP contribution in [-0.4, -0.2) is 54.0 Å². The maximum Gasteiger partial charge on any atom is 0.309 e. The number of aromatic nitrogens is 1. The van der Waals surface area contributed by atoms with Crippen LogP contribution < -0.4 is 5.56 Å². The van der Waals surface area contributed by atoms with Crippen LogP contribution in [0.5, 0.6) is 5.75 Å². The zero-order valence-corrected chi connectivity index (χ0v) is 19.6. The van der Waals surface area contributed by atoms with Crippen molar-refractivity contribution in [1.82, 2.24) is 9.47 Å². The Balaban J connectivity index is 2.01. The number of piperidine rings is 1. The molecule has 8 heteroatoms. The minimum atomic E-state index is -0.461. The standard InChI is InChI=1S/C24H31ClN2O5/c1-4-32-24(30)18-9-11-26(12-10-18)22(17-5-7-19(25)8-6-17)21-20(28)15-16(2)27(23(21)29)13-14-31-3/h5-8,15,18,22,28H,4,9-14H2,1-3H3/t22-/m1/s1. The van der Waals surface area contributed by atoms with E-state index in [2.05, 4.69) is 4.90 Å². The minimum absolute atomic E-state index is 0.0337. The van der Waals surface area contributed by atoms with Gasteiger partial charge in [0, 0.05) is 24.4 Å². The van der Waals surface area contributed by atoms with Crippen LogP contribution in [0.25, 0.3) is 0 Å². The average Bonchev–Trinajstić information content (AvgIpc) is 2.77. The lowest BCUT2D eigenvalue weighted by Gasteiger charge is -2.37. The molecule has 174 valence electrons. The first kappa shape index (κ1) is 24.3. The van der Waals surface area contributed by atoms with E-state index in [4.69, 9.17) is 21.1 Å². The second-order valence-corrected chi connectivity index (χ2v) is 8.49. The molecule has 1 N–H and O–H groups in total. The van der Waals surface area contributed by atoms with E-state index < -0.39 is 6.04 Å². The highest BCUT2D eigenvalue weighted by Gasteiger charge is 2.34. The van der Waals surface area contributed by atoms with E-state index >= 15 is 0 Å². The molecular weight excluding hydrogens is 432 g/mol. The number of rotatable bonds is 8. The summed E-state index contributed by atoms with van der Waals surface area (Å²) >= 11 is 6.10. The van der Waals surface area contributed by atoms with Gasteiger partial charge >= 0.3 is 5.97 Å². The van der Waals surface area contributed by atoms with Gasteiger partial charge in [-0.1, -0.05) is 23.7 Å². The summed E-state index contributed by atoms with van der Waals surface area (Å²) in [6.07, 6.45) is 1.26. The number of aromatic hydroxyl groups is 1. The Kier molecular flexibility index (Phi) is 8.34. The number of nitrogens with zero attached hydrogens (tertiary/aromatic N) is 2. The second kappa shape index (κ2) is 11.0. The Bertz CT molecular complexity index is 981. The van der Waals surface area contributed by atoms with Crippen LogP contribution in [-0.2, 0) is 20.8 Å². The fraction of sp³-hybridized carbons (Fsp3) is 0.500. The molecule has 1 saturated heterocycles. The van der Waals surface area contributed by atoms with Crippen molar-refractivity contribution in [1.29, 1.82) is 0 Å². The first-order valence-electron chi connectivity index (χ1n) is 11.0. The van der Waals surface area contributed by atoms with E-state index in [-0.39, 0.29) is 23.2 Å². The van der Waals surface area contributed by atoms with Crippen molar-refractivity contribution in [2.24, 2.45) is 5.92 Å². The number of pyridine rings is 1. The number of hydrogen-bond acceptors (Lipinski definition) is 6. The summed E-state index contributed by atoms with van der Waals surface area (Å²) in [6, 6.07) is 8.48. The Labute approximate surface area is 193 Å². The third-order valence-electron chi connectivity index (χ3n) is 6.02. The molecule has 1 aliphatic heterocycles. The van der Waals surface area contributed by atoms with Crippen molar-refractivity contribution < 1.29 is 19.4 Å². The van der Waals surface area contributed by atoms with Gasteiger partial charge in [-0.3, -0.25) is 14.5 Å². The van der Waals surface area contributed by atoms with Crippen molar-refractivity contribution in [3.63, 3.8) is 0 Å². The molecule has 1 aromatic carbocycles. The lowest BCUT2D eigenvalue weighted by molar-refractivity contribution is -0.149. The molecule has 0 spiro atoms. The van der Waals surface area contributed by atoms with Gasteiger partial charge in [0.15, 0.2) is 0 Å². The summed E-state index contributed by atoms with van der Waals surface area (Å²) in [7, 11) is 1.59. The lowest BCUT2D eigenvalue weighted by Crippen LogP contribution is -2.42. The van der Waals surface area contributed by atoms with Gasteiger partial charge in [-0.25, -0.2) is 0 Å². The number of esters is 1. The highest BCUT2D eigenvalue weighted by Crippen LogP contribution is 2.36. The summed E-state index contributed by atoms with van der Waals surface area (Å²) in [6.45, 7) is 5.95. The number of benzene rings is 1. The predicted octanol–water partition coefficient (Wildman–Crippen LogP) is 3.53. The van der Waals surface area contributed by atoms with Crippen LogP contribution in [0.4, 0.5) is 0 Å². The van der Waals surface area contributed by atoms with Crippen LogP contribution in [0.1, 0.15) is 42.6 Å². The summed E-state index contributed by atoms with van der Waals surface area (Å²) < 4.78 is 12.0. The Hall–Kier alpha value is -2.35. The largest absolute Gasteiger partial charge is 0.507 e. The Morgan fingerprint density at radius 3 is 2.50 bits per heavy atom. The highest BCUT2D eigenvalue weighted by atomic mass is 35.5. The Morgan fingerprint density at radius 2 is 1.91 bits per heavy atom. The molecule has 1 atom stereocenters. The molecule has 7 nitrogen and oxygen atoms in total. The molecule has 0 bridgehead atoms. The van der Waals surface area contributed by atoms with E-state index in [0.717, 1.165) is 5.56 Å². The average molecular weight is 463 g/mol. The number of carbonyl (C=O) groups is 1. The molecule has 1 fully saturated rings. The second-order valence-electron chi connectivity index (χ2n) is 8.05.